The Morgan fingerprint density at radius 3 is 2.05 bits per heavy atom. The van der Waals surface area contributed by atoms with Gasteiger partial charge in [-0.15, -0.1) is 0 Å². The van der Waals surface area contributed by atoms with Gasteiger partial charge in [0, 0.05) is 30.2 Å². The lowest BCUT2D eigenvalue weighted by Crippen LogP contribution is -2.28. The van der Waals surface area contributed by atoms with Gasteiger partial charge in [-0.3, -0.25) is 14.9 Å². The molecule has 0 atom stereocenters. The van der Waals surface area contributed by atoms with E-state index >= 15 is 0 Å². The van der Waals surface area contributed by atoms with E-state index in [0.717, 1.165) is 0 Å². The second kappa shape index (κ2) is 11.8. The van der Waals surface area contributed by atoms with Gasteiger partial charge in [0.05, 0.1) is 21.3 Å². The van der Waals surface area contributed by atoms with E-state index < -0.39 is 4.92 Å². The van der Waals surface area contributed by atoms with Crippen LogP contribution in [0, 0.1) is 10.1 Å². The third kappa shape index (κ3) is 5.89. The summed E-state index contributed by atoms with van der Waals surface area (Å²) in [6.07, 6.45) is 0.704. The Morgan fingerprint density at radius 2 is 1.46 bits per heavy atom. The first kappa shape index (κ1) is 25.9. The smallest absolute Gasteiger partial charge is 0.270 e. The van der Waals surface area contributed by atoms with Gasteiger partial charge >= 0.3 is 0 Å². The van der Waals surface area contributed by atoms with Crippen molar-refractivity contribution >= 4 is 23.2 Å². The number of nitrogens with zero attached hydrogens (tertiary/aromatic N) is 3. The summed E-state index contributed by atoms with van der Waals surface area (Å²) < 4.78 is 1.51. The Balaban J connectivity index is 1.41. The molecular weight excluding hydrogens is 512 g/mol. The van der Waals surface area contributed by atoms with Crippen molar-refractivity contribution in [2.75, 3.05) is 6.54 Å². The standard InChI is InChI=1S/C31H25ClN4O3/c32-27-13-7-8-14-29(27)35-30(21-28(34-35)24-15-17-25(18-16-24)36(38)39)31(37)33-20-19-26(22-9-3-1-4-10-22)23-11-5-2-6-12-23/h1-18,21,26H,19-20H2,(H,33,37). The number of hydrogen-bond donors (Lipinski definition) is 1. The Morgan fingerprint density at radius 1 is 0.872 bits per heavy atom. The van der Waals surface area contributed by atoms with E-state index in [1.165, 1.54) is 27.9 Å². The summed E-state index contributed by atoms with van der Waals surface area (Å²) in [6, 6.07) is 35.3. The zero-order valence-electron chi connectivity index (χ0n) is 20.9. The Kier molecular flexibility index (Phi) is 7.80. The summed E-state index contributed by atoms with van der Waals surface area (Å²) in [5.41, 5.74) is 4.36. The number of carbonyl (C=O) groups is 1. The molecule has 39 heavy (non-hydrogen) atoms. The zero-order valence-corrected chi connectivity index (χ0v) is 21.7. The van der Waals surface area contributed by atoms with Gasteiger partial charge in [-0.25, -0.2) is 4.68 Å². The van der Waals surface area contributed by atoms with Gasteiger partial charge in [-0.05, 0) is 47.9 Å². The normalized spacial score (nSPS) is 10.9. The lowest BCUT2D eigenvalue weighted by molar-refractivity contribution is -0.384. The quantitative estimate of drug-likeness (QED) is 0.161. The van der Waals surface area contributed by atoms with Gasteiger partial charge < -0.3 is 5.32 Å². The molecule has 0 aliphatic carbocycles. The van der Waals surface area contributed by atoms with Gasteiger partial charge in [0.25, 0.3) is 11.6 Å². The molecule has 0 aliphatic rings. The first-order valence-electron chi connectivity index (χ1n) is 12.5. The topological polar surface area (TPSA) is 90.1 Å². The molecule has 0 fully saturated rings. The van der Waals surface area contributed by atoms with Crippen molar-refractivity contribution in [3.63, 3.8) is 0 Å². The summed E-state index contributed by atoms with van der Waals surface area (Å²) >= 11 is 6.46. The largest absolute Gasteiger partial charge is 0.351 e. The van der Waals surface area contributed by atoms with Crippen LogP contribution >= 0.6 is 11.6 Å². The van der Waals surface area contributed by atoms with Crippen LogP contribution in [0.5, 0.6) is 0 Å². The lowest BCUT2D eigenvalue weighted by Gasteiger charge is -2.18. The molecule has 1 amide bonds. The fraction of sp³-hybridized carbons (Fsp3) is 0.0968. The van der Waals surface area contributed by atoms with Crippen LogP contribution in [0.2, 0.25) is 5.02 Å². The molecular formula is C31H25ClN4O3. The number of nitrogens with one attached hydrogen (secondary N) is 1. The van der Waals surface area contributed by atoms with E-state index in [1.807, 2.05) is 42.5 Å². The highest BCUT2D eigenvalue weighted by Gasteiger charge is 2.20. The molecule has 4 aromatic carbocycles. The molecule has 8 heteroatoms. The van der Waals surface area contributed by atoms with E-state index in [0.29, 0.717) is 40.6 Å². The molecule has 0 saturated carbocycles. The highest BCUT2D eigenvalue weighted by Crippen LogP contribution is 2.29. The third-order valence-electron chi connectivity index (χ3n) is 6.52. The lowest BCUT2D eigenvalue weighted by atomic mass is 9.88. The molecule has 0 bridgehead atoms. The van der Waals surface area contributed by atoms with Gasteiger partial charge in [-0.2, -0.15) is 5.10 Å². The van der Waals surface area contributed by atoms with Crippen LogP contribution in [0.3, 0.4) is 0 Å². The van der Waals surface area contributed by atoms with Crippen molar-refractivity contribution in [3.8, 4) is 16.9 Å². The molecule has 7 nitrogen and oxygen atoms in total. The average Bonchev–Trinajstić information content (AvgIpc) is 3.42. The third-order valence-corrected chi connectivity index (χ3v) is 6.84. The van der Waals surface area contributed by atoms with E-state index in [4.69, 9.17) is 11.6 Å². The minimum atomic E-state index is -0.455. The van der Waals surface area contributed by atoms with Crippen LogP contribution < -0.4 is 5.32 Å². The number of nitro groups is 1. The van der Waals surface area contributed by atoms with Crippen molar-refractivity contribution < 1.29 is 9.72 Å². The molecule has 0 aliphatic heterocycles. The highest BCUT2D eigenvalue weighted by atomic mass is 35.5. The number of carbonyl (C=O) groups excluding carboxylic acids is 1. The molecule has 1 aromatic heterocycles. The van der Waals surface area contributed by atoms with Crippen molar-refractivity contribution in [3.05, 3.63) is 147 Å². The number of aromatic nitrogens is 2. The predicted octanol–water partition coefficient (Wildman–Crippen LogP) is 7.05. The molecule has 194 valence electrons. The number of benzene rings is 4. The molecule has 1 heterocycles. The fourth-order valence-corrected chi connectivity index (χ4v) is 4.78. The minimum Gasteiger partial charge on any atom is -0.351 e. The molecule has 0 unspecified atom stereocenters. The zero-order chi connectivity index (χ0) is 27.2. The summed E-state index contributed by atoms with van der Waals surface area (Å²) in [7, 11) is 0. The summed E-state index contributed by atoms with van der Waals surface area (Å²) in [6.45, 7) is 0.438. The second-order valence-corrected chi connectivity index (χ2v) is 9.41. The first-order valence-corrected chi connectivity index (χ1v) is 12.9. The Hall–Kier alpha value is -4.75. The number of rotatable bonds is 9. The number of non-ortho nitro benzene ring substituents is 1. The summed E-state index contributed by atoms with van der Waals surface area (Å²) in [4.78, 5) is 24.1. The van der Waals surface area contributed by atoms with Crippen molar-refractivity contribution in [2.24, 2.45) is 0 Å². The second-order valence-electron chi connectivity index (χ2n) is 9.00. The van der Waals surface area contributed by atoms with Crippen molar-refractivity contribution in [1.82, 2.24) is 15.1 Å². The predicted molar refractivity (Wildman–Crippen MR) is 152 cm³/mol. The van der Waals surface area contributed by atoms with Crippen molar-refractivity contribution in [1.29, 1.82) is 0 Å². The molecule has 0 spiro atoms. The maximum absolute atomic E-state index is 13.5. The first-order chi connectivity index (χ1) is 19.0. The van der Waals surface area contributed by atoms with Gasteiger partial charge in [0.2, 0.25) is 0 Å². The van der Waals surface area contributed by atoms with Crippen LogP contribution in [0.25, 0.3) is 16.9 Å². The van der Waals surface area contributed by atoms with Gasteiger partial charge in [-0.1, -0.05) is 84.4 Å². The maximum atomic E-state index is 13.5. The molecule has 5 rings (SSSR count). The Bertz CT molecular complexity index is 1550. The number of amides is 1. The van der Waals surface area contributed by atoms with Crippen molar-refractivity contribution in [2.45, 2.75) is 12.3 Å². The van der Waals surface area contributed by atoms with Crippen LogP contribution in [-0.4, -0.2) is 27.2 Å². The van der Waals surface area contributed by atoms with Crippen LogP contribution in [0.4, 0.5) is 5.69 Å². The van der Waals surface area contributed by atoms with Crippen LogP contribution in [0.15, 0.2) is 115 Å². The van der Waals surface area contributed by atoms with Gasteiger partial charge in [0.15, 0.2) is 0 Å². The number of halogens is 1. The molecule has 0 radical (unpaired) electrons. The number of hydrogen-bond acceptors (Lipinski definition) is 4. The molecule has 1 N–H and O–H groups in total. The van der Waals surface area contributed by atoms with E-state index in [9.17, 15) is 14.9 Å². The fourth-order valence-electron chi connectivity index (χ4n) is 4.56. The molecule has 5 aromatic rings. The monoisotopic (exact) mass is 536 g/mol. The van der Waals surface area contributed by atoms with E-state index in [2.05, 4.69) is 34.7 Å². The number of para-hydroxylation sites is 1. The van der Waals surface area contributed by atoms with Crippen LogP contribution in [0.1, 0.15) is 34.0 Å². The van der Waals surface area contributed by atoms with Crippen LogP contribution in [-0.2, 0) is 0 Å². The average molecular weight is 537 g/mol. The van der Waals surface area contributed by atoms with E-state index in [-0.39, 0.29) is 17.5 Å². The van der Waals surface area contributed by atoms with E-state index in [1.54, 1.807) is 36.4 Å². The Labute approximate surface area is 230 Å². The SMILES string of the molecule is O=C(NCCC(c1ccccc1)c1ccccc1)c1cc(-c2ccc([N+](=O)[O-])cc2)nn1-c1ccccc1Cl. The van der Waals surface area contributed by atoms with Gasteiger partial charge in [0.1, 0.15) is 5.69 Å². The summed E-state index contributed by atoms with van der Waals surface area (Å²) in [5.74, 6) is -0.174. The minimum absolute atomic E-state index is 0.0198. The summed E-state index contributed by atoms with van der Waals surface area (Å²) in [5, 5.41) is 19.2. The highest BCUT2D eigenvalue weighted by molar-refractivity contribution is 6.32. The number of nitro benzene ring substituents is 1. The molecule has 0 saturated heterocycles. The maximum Gasteiger partial charge on any atom is 0.270 e.